The van der Waals surface area contributed by atoms with Crippen molar-refractivity contribution in [2.24, 2.45) is 13.0 Å². The summed E-state index contributed by atoms with van der Waals surface area (Å²) in [5.41, 5.74) is 1.41. The SMILES string of the molecule is Cc1cc(=O)n(C)cc1NC(=O)N1CCN(C)CC1CC(C)C. The van der Waals surface area contributed by atoms with Crippen molar-refractivity contribution in [3.05, 3.63) is 28.2 Å². The van der Waals surface area contributed by atoms with Crippen molar-refractivity contribution >= 4 is 11.7 Å². The molecule has 1 aliphatic rings. The minimum Gasteiger partial charge on any atom is -0.319 e. The van der Waals surface area contributed by atoms with E-state index in [0.29, 0.717) is 11.6 Å². The van der Waals surface area contributed by atoms with Crippen molar-refractivity contribution in [3.8, 4) is 0 Å². The summed E-state index contributed by atoms with van der Waals surface area (Å²) in [5.74, 6) is 0.543. The van der Waals surface area contributed by atoms with E-state index in [4.69, 9.17) is 0 Å². The summed E-state index contributed by atoms with van der Waals surface area (Å²) in [5, 5.41) is 2.97. The summed E-state index contributed by atoms with van der Waals surface area (Å²) < 4.78 is 1.48. The first-order valence-corrected chi connectivity index (χ1v) is 8.21. The Labute approximate surface area is 138 Å². The number of pyridine rings is 1. The Morgan fingerprint density at radius 1 is 1.35 bits per heavy atom. The number of likely N-dealkylation sites (N-methyl/N-ethyl adjacent to an activating group) is 1. The molecule has 1 aliphatic heterocycles. The Kier molecular flexibility index (Phi) is 5.46. The Bertz CT molecular complexity index is 622. The second-order valence-electron chi connectivity index (χ2n) is 6.99. The van der Waals surface area contributed by atoms with Crippen molar-refractivity contribution < 1.29 is 4.79 Å². The highest BCUT2D eigenvalue weighted by Crippen LogP contribution is 2.19. The van der Waals surface area contributed by atoms with Gasteiger partial charge in [-0.05, 0) is 31.9 Å². The third kappa shape index (κ3) is 4.34. The van der Waals surface area contributed by atoms with Crippen molar-refractivity contribution in [1.82, 2.24) is 14.4 Å². The summed E-state index contributed by atoms with van der Waals surface area (Å²) in [7, 11) is 3.79. The number of hydrogen-bond donors (Lipinski definition) is 1. The molecule has 128 valence electrons. The standard InChI is InChI=1S/C17H28N4O2/c1-12(2)8-14-10-19(4)6-7-21(14)17(23)18-15-11-20(5)16(22)9-13(15)3/h9,11-12,14H,6-8,10H2,1-5H3,(H,18,23). The van der Waals surface area contributed by atoms with Gasteiger partial charge in [-0.25, -0.2) is 4.79 Å². The molecule has 1 atom stereocenters. The zero-order valence-corrected chi connectivity index (χ0v) is 14.8. The van der Waals surface area contributed by atoms with E-state index < -0.39 is 0 Å². The molecule has 1 saturated heterocycles. The fourth-order valence-electron chi connectivity index (χ4n) is 3.07. The van der Waals surface area contributed by atoms with Crippen LogP contribution in [-0.4, -0.2) is 53.1 Å². The van der Waals surface area contributed by atoms with Crippen LogP contribution < -0.4 is 10.9 Å². The highest BCUT2D eigenvalue weighted by molar-refractivity contribution is 5.90. The molecule has 1 aromatic rings. The normalized spacial score (nSPS) is 19.2. The Morgan fingerprint density at radius 3 is 2.70 bits per heavy atom. The Hall–Kier alpha value is -1.82. The number of carbonyl (C=O) groups is 1. The van der Waals surface area contributed by atoms with Gasteiger partial charge in [0.05, 0.1) is 5.69 Å². The summed E-state index contributed by atoms with van der Waals surface area (Å²) in [6.45, 7) is 8.72. The zero-order chi connectivity index (χ0) is 17.1. The summed E-state index contributed by atoms with van der Waals surface area (Å²) >= 11 is 0. The molecule has 2 amide bonds. The topological polar surface area (TPSA) is 57.6 Å². The third-order valence-electron chi connectivity index (χ3n) is 4.37. The number of aryl methyl sites for hydroxylation is 2. The van der Waals surface area contributed by atoms with Gasteiger partial charge in [0.1, 0.15) is 0 Å². The largest absolute Gasteiger partial charge is 0.322 e. The number of rotatable bonds is 3. The first-order chi connectivity index (χ1) is 10.8. The van der Waals surface area contributed by atoms with Gasteiger partial charge in [0.25, 0.3) is 5.56 Å². The number of amides is 2. The number of hydrogen-bond acceptors (Lipinski definition) is 3. The van der Waals surface area contributed by atoms with E-state index in [-0.39, 0.29) is 17.6 Å². The first kappa shape index (κ1) is 17.5. The van der Waals surface area contributed by atoms with Crippen LogP contribution in [0.15, 0.2) is 17.1 Å². The van der Waals surface area contributed by atoms with Crippen LogP contribution in [0.25, 0.3) is 0 Å². The fourth-order valence-corrected chi connectivity index (χ4v) is 3.07. The molecule has 0 spiro atoms. The molecular weight excluding hydrogens is 292 g/mol. The van der Waals surface area contributed by atoms with E-state index in [1.54, 1.807) is 19.3 Å². The van der Waals surface area contributed by atoms with Gasteiger partial charge in [-0.3, -0.25) is 4.79 Å². The van der Waals surface area contributed by atoms with E-state index in [9.17, 15) is 9.59 Å². The Balaban J connectivity index is 2.15. The predicted octanol–water partition coefficient (Wildman–Crippen LogP) is 1.89. The molecule has 6 heteroatoms. The molecule has 0 saturated carbocycles. The molecule has 23 heavy (non-hydrogen) atoms. The molecule has 1 unspecified atom stereocenters. The average molecular weight is 320 g/mol. The van der Waals surface area contributed by atoms with Crippen LogP contribution in [0.2, 0.25) is 0 Å². The number of anilines is 1. The molecule has 1 fully saturated rings. The highest BCUT2D eigenvalue weighted by Gasteiger charge is 2.29. The fraction of sp³-hybridized carbons (Fsp3) is 0.647. The lowest BCUT2D eigenvalue weighted by molar-refractivity contribution is 0.105. The van der Waals surface area contributed by atoms with Crippen molar-refractivity contribution in [2.75, 3.05) is 32.0 Å². The van der Waals surface area contributed by atoms with Gasteiger partial charge in [0, 0.05) is 45.0 Å². The predicted molar refractivity (Wildman–Crippen MR) is 92.9 cm³/mol. The molecule has 2 rings (SSSR count). The van der Waals surface area contributed by atoms with Gasteiger partial charge < -0.3 is 19.7 Å². The minimum absolute atomic E-state index is 0.0715. The summed E-state index contributed by atoms with van der Waals surface area (Å²) in [4.78, 5) is 28.6. The third-order valence-corrected chi connectivity index (χ3v) is 4.37. The smallest absolute Gasteiger partial charge is 0.319 e. The molecule has 6 nitrogen and oxygen atoms in total. The molecule has 0 bridgehead atoms. The number of nitrogens with zero attached hydrogens (tertiary/aromatic N) is 3. The van der Waals surface area contributed by atoms with Crippen LogP contribution in [-0.2, 0) is 7.05 Å². The van der Waals surface area contributed by atoms with E-state index in [0.717, 1.165) is 31.6 Å². The van der Waals surface area contributed by atoms with E-state index in [1.165, 1.54) is 4.57 Å². The van der Waals surface area contributed by atoms with E-state index in [1.807, 2.05) is 11.8 Å². The van der Waals surface area contributed by atoms with Crippen molar-refractivity contribution in [1.29, 1.82) is 0 Å². The number of urea groups is 1. The van der Waals surface area contributed by atoms with Crippen LogP contribution in [0, 0.1) is 12.8 Å². The minimum atomic E-state index is -0.0782. The lowest BCUT2D eigenvalue weighted by Gasteiger charge is -2.40. The van der Waals surface area contributed by atoms with Gasteiger partial charge in [-0.2, -0.15) is 0 Å². The van der Waals surface area contributed by atoms with Crippen molar-refractivity contribution in [2.45, 2.75) is 33.2 Å². The quantitative estimate of drug-likeness (QED) is 0.925. The number of aromatic nitrogens is 1. The van der Waals surface area contributed by atoms with Crippen molar-refractivity contribution in [3.63, 3.8) is 0 Å². The second-order valence-corrected chi connectivity index (χ2v) is 6.99. The number of piperazine rings is 1. The number of nitrogens with one attached hydrogen (secondary N) is 1. The van der Waals surface area contributed by atoms with Gasteiger partial charge in [-0.15, -0.1) is 0 Å². The summed E-state index contributed by atoms with van der Waals surface area (Å²) in [6, 6.07) is 1.69. The maximum atomic E-state index is 12.7. The maximum Gasteiger partial charge on any atom is 0.322 e. The maximum absolute atomic E-state index is 12.7. The van der Waals surface area contributed by atoms with Crippen LogP contribution in [0.4, 0.5) is 10.5 Å². The van der Waals surface area contributed by atoms with Gasteiger partial charge in [0.15, 0.2) is 0 Å². The molecular formula is C17H28N4O2. The monoisotopic (exact) mass is 320 g/mol. The van der Waals surface area contributed by atoms with Gasteiger partial charge in [-0.1, -0.05) is 13.8 Å². The molecule has 0 radical (unpaired) electrons. The summed E-state index contributed by atoms with van der Waals surface area (Å²) in [6.07, 6.45) is 2.67. The Morgan fingerprint density at radius 2 is 2.04 bits per heavy atom. The molecule has 0 aliphatic carbocycles. The lowest BCUT2D eigenvalue weighted by Crippen LogP contribution is -2.55. The van der Waals surface area contributed by atoms with Gasteiger partial charge >= 0.3 is 6.03 Å². The van der Waals surface area contributed by atoms with Crippen LogP contribution >= 0.6 is 0 Å². The molecule has 1 N–H and O–H groups in total. The van der Waals surface area contributed by atoms with Crippen LogP contribution in [0.3, 0.4) is 0 Å². The van der Waals surface area contributed by atoms with E-state index >= 15 is 0 Å². The van der Waals surface area contributed by atoms with E-state index in [2.05, 4.69) is 31.1 Å². The van der Waals surface area contributed by atoms with Crippen LogP contribution in [0.1, 0.15) is 25.8 Å². The molecule has 2 heterocycles. The van der Waals surface area contributed by atoms with Crippen LogP contribution in [0.5, 0.6) is 0 Å². The first-order valence-electron chi connectivity index (χ1n) is 8.21. The zero-order valence-electron chi connectivity index (χ0n) is 14.8. The molecule has 0 aromatic carbocycles. The lowest BCUT2D eigenvalue weighted by atomic mass is 10.0. The average Bonchev–Trinajstić information content (AvgIpc) is 2.44. The highest BCUT2D eigenvalue weighted by atomic mass is 16.2. The number of carbonyl (C=O) groups excluding carboxylic acids is 1. The molecule has 1 aromatic heterocycles. The second kappa shape index (κ2) is 7.17. The van der Waals surface area contributed by atoms with Gasteiger partial charge in [0.2, 0.25) is 0 Å².